The van der Waals surface area contributed by atoms with Gasteiger partial charge < -0.3 is 14.6 Å². The maximum Gasteiger partial charge on any atom is 0.0701 e. The standard InChI is InChI=1S/C10H23O3P/c1-3-14(4-2)10-9-13-8-7-12-6-5-11/h11H,3-10H2,1-2H3. The Morgan fingerprint density at radius 3 is 2.00 bits per heavy atom. The van der Waals surface area contributed by atoms with Gasteiger partial charge in [0.05, 0.1) is 33.0 Å². The van der Waals surface area contributed by atoms with Crippen LogP contribution in [-0.4, -0.2) is 56.6 Å². The normalized spacial score (nSPS) is 11.1. The molecule has 0 bridgehead atoms. The summed E-state index contributed by atoms with van der Waals surface area (Å²) < 4.78 is 10.5. The van der Waals surface area contributed by atoms with Gasteiger partial charge in [-0.05, 0) is 18.5 Å². The smallest absolute Gasteiger partial charge is 0.0701 e. The summed E-state index contributed by atoms with van der Waals surface area (Å²) in [6, 6.07) is 0. The highest BCUT2D eigenvalue weighted by atomic mass is 31.1. The molecule has 0 amide bonds. The molecule has 86 valence electrons. The third kappa shape index (κ3) is 8.89. The molecule has 0 atom stereocenters. The molecule has 0 heterocycles. The molecule has 0 spiro atoms. The minimum absolute atomic E-state index is 0.0942. The van der Waals surface area contributed by atoms with Gasteiger partial charge >= 0.3 is 0 Å². The van der Waals surface area contributed by atoms with Gasteiger partial charge in [-0.2, -0.15) is 0 Å². The maximum absolute atomic E-state index is 8.44. The van der Waals surface area contributed by atoms with Gasteiger partial charge in [0.25, 0.3) is 0 Å². The van der Waals surface area contributed by atoms with Gasteiger partial charge in [0.2, 0.25) is 0 Å². The predicted octanol–water partition coefficient (Wildman–Crippen LogP) is 1.53. The topological polar surface area (TPSA) is 38.7 Å². The Kier molecular flexibility index (Phi) is 11.6. The molecule has 0 aliphatic heterocycles. The largest absolute Gasteiger partial charge is 0.394 e. The van der Waals surface area contributed by atoms with Gasteiger partial charge in [0.1, 0.15) is 0 Å². The summed E-state index contributed by atoms with van der Waals surface area (Å²) in [4.78, 5) is 0. The summed E-state index contributed by atoms with van der Waals surface area (Å²) in [5.41, 5.74) is 0. The molecule has 0 saturated carbocycles. The number of rotatable bonds is 10. The van der Waals surface area contributed by atoms with E-state index in [0.717, 1.165) is 6.61 Å². The van der Waals surface area contributed by atoms with Crippen LogP contribution in [0.1, 0.15) is 13.8 Å². The van der Waals surface area contributed by atoms with Gasteiger partial charge in [0.15, 0.2) is 0 Å². The first-order valence-corrected chi connectivity index (χ1v) is 7.23. The molecule has 0 aromatic heterocycles. The minimum atomic E-state index is 0.0942. The number of hydrogen-bond acceptors (Lipinski definition) is 3. The second-order valence-corrected chi connectivity index (χ2v) is 6.03. The van der Waals surface area contributed by atoms with E-state index in [1.807, 2.05) is 0 Å². The molecule has 0 aliphatic carbocycles. The van der Waals surface area contributed by atoms with E-state index < -0.39 is 0 Å². The lowest BCUT2D eigenvalue weighted by Gasteiger charge is -2.12. The fourth-order valence-electron chi connectivity index (χ4n) is 1.12. The van der Waals surface area contributed by atoms with Crippen LogP contribution in [0.3, 0.4) is 0 Å². The number of ether oxygens (including phenoxy) is 2. The van der Waals surface area contributed by atoms with Crippen molar-refractivity contribution >= 4 is 7.92 Å². The average Bonchev–Trinajstić information content (AvgIpc) is 2.22. The molecule has 4 heteroatoms. The minimum Gasteiger partial charge on any atom is -0.394 e. The van der Waals surface area contributed by atoms with Crippen molar-refractivity contribution in [3.8, 4) is 0 Å². The van der Waals surface area contributed by atoms with Gasteiger partial charge in [0, 0.05) is 0 Å². The molecule has 1 N–H and O–H groups in total. The molecule has 0 rings (SSSR count). The van der Waals surface area contributed by atoms with Crippen molar-refractivity contribution < 1.29 is 14.6 Å². The quantitative estimate of drug-likeness (QED) is 0.450. The lowest BCUT2D eigenvalue weighted by atomic mass is 10.7. The van der Waals surface area contributed by atoms with E-state index in [0.29, 0.717) is 19.8 Å². The summed E-state index contributed by atoms with van der Waals surface area (Å²) in [5.74, 6) is 0. The highest BCUT2D eigenvalue weighted by Gasteiger charge is 2.01. The highest BCUT2D eigenvalue weighted by Crippen LogP contribution is 2.33. The first kappa shape index (κ1) is 14.3. The highest BCUT2D eigenvalue weighted by molar-refractivity contribution is 7.57. The summed E-state index contributed by atoms with van der Waals surface area (Å²) in [5, 5.41) is 8.44. The number of aliphatic hydroxyl groups excluding tert-OH is 1. The summed E-state index contributed by atoms with van der Waals surface area (Å²) >= 11 is 0. The Morgan fingerprint density at radius 1 is 0.929 bits per heavy atom. The van der Waals surface area contributed by atoms with E-state index in [2.05, 4.69) is 13.8 Å². The van der Waals surface area contributed by atoms with Crippen LogP contribution in [0.25, 0.3) is 0 Å². The van der Waals surface area contributed by atoms with E-state index in [-0.39, 0.29) is 14.5 Å². The lowest BCUT2D eigenvalue weighted by Crippen LogP contribution is -2.09. The molecule has 0 fully saturated rings. The van der Waals surface area contributed by atoms with Crippen molar-refractivity contribution in [1.82, 2.24) is 0 Å². The van der Waals surface area contributed by atoms with E-state index in [1.54, 1.807) is 0 Å². The van der Waals surface area contributed by atoms with Crippen molar-refractivity contribution in [2.75, 3.05) is 51.5 Å². The first-order valence-electron chi connectivity index (χ1n) is 5.33. The Hall–Kier alpha value is 0.310. The zero-order valence-corrected chi connectivity index (χ0v) is 10.3. The Labute approximate surface area is 88.5 Å². The molecule has 0 aromatic rings. The van der Waals surface area contributed by atoms with Crippen molar-refractivity contribution in [3.63, 3.8) is 0 Å². The predicted molar refractivity (Wildman–Crippen MR) is 61.6 cm³/mol. The van der Waals surface area contributed by atoms with Crippen LogP contribution < -0.4 is 0 Å². The second kappa shape index (κ2) is 11.4. The van der Waals surface area contributed by atoms with Gasteiger partial charge in [-0.15, -0.1) is 7.92 Å². The average molecular weight is 222 g/mol. The van der Waals surface area contributed by atoms with E-state index in [9.17, 15) is 0 Å². The Morgan fingerprint density at radius 2 is 1.50 bits per heavy atom. The van der Waals surface area contributed by atoms with Gasteiger partial charge in [-0.1, -0.05) is 13.8 Å². The lowest BCUT2D eigenvalue weighted by molar-refractivity contribution is 0.0376. The Balaban J connectivity index is 3.04. The zero-order valence-electron chi connectivity index (χ0n) is 9.37. The summed E-state index contributed by atoms with van der Waals surface area (Å²) in [7, 11) is 0.210. The number of aliphatic hydroxyl groups is 1. The molecule has 0 saturated heterocycles. The molecule has 0 aliphatic rings. The fourth-order valence-corrected chi connectivity index (χ4v) is 2.59. The van der Waals surface area contributed by atoms with Crippen LogP contribution >= 0.6 is 7.92 Å². The van der Waals surface area contributed by atoms with E-state index in [4.69, 9.17) is 14.6 Å². The maximum atomic E-state index is 8.44. The van der Waals surface area contributed by atoms with E-state index in [1.165, 1.54) is 18.5 Å². The van der Waals surface area contributed by atoms with Crippen molar-refractivity contribution in [2.24, 2.45) is 0 Å². The van der Waals surface area contributed by atoms with Gasteiger partial charge in [-0.3, -0.25) is 0 Å². The van der Waals surface area contributed by atoms with Gasteiger partial charge in [-0.25, -0.2) is 0 Å². The van der Waals surface area contributed by atoms with Crippen LogP contribution in [0.5, 0.6) is 0 Å². The number of hydrogen-bond donors (Lipinski definition) is 1. The molecule has 3 nitrogen and oxygen atoms in total. The van der Waals surface area contributed by atoms with Crippen molar-refractivity contribution in [1.29, 1.82) is 0 Å². The van der Waals surface area contributed by atoms with Crippen LogP contribution in [0.4, 0.5) is 0 Å². The third-order valence-corrected chi connectivity index (χ3v) is 4.66. The van der Waals surface area contributed by atoms with Crippen molar-refractivity contribution in [2.45, 2.75) is 13.8 Å². The fraction of sp³-hybridized carbons (Fsp3) is 1.00. The first-order chi connectivity index (χ1) is 6.85. The zero-order chi connectivity index (χ0) is 10.6. The monoisotopic (exact) mass is 222 g/mol. The molecule has 14 heavy (non-hydrogen) atoms. The second-order valence-electron chi connectivity index (χ2n) is 2.98. The van der Waals surface area contributed by atoms with Crippen LogP contribution in [0.2, 0.25) is 0 Å². The molecule has 0 unspecified atom stereocenters. The molecule has 0 aromatic carbocycles. The summed E-state index contributed by atoms with van der Waals surface area (Å²) in [6.07, 6.45) is 3.81. The van der Waals surface area contributed by atoms with E-state index >= 15 is 0 Å². The Bertz CT molecular complexity index is 108. The third-order valence-electron chi connectivity index (χ3n) is 2.05. The van der Waals surface area contributed by atoms with Crippen LogP contribution in [0, 0.1) is 0 Å². The molecular formula is C10H23O3P. The van der Waals surface area contributed by atoms with Crippen molar-refractivity contribution in [3.05, 3.63) is 0 Å². The van der Waals surface area contributed by atoms with Crippen LogP contribution in [0.15, 0.2) is 0 Å². The SMILES string of the molecule is CCP(CC)CCOCCOCCO. The summed E-state index contributed by atoms with van der Waals surface area (Å²) in [6.45, 7) is 7.11. The molecular weight excluding hydrogens is 199 g/mol. The van der Waals surface area contributed by atoms with Crippen LogP contribution in [-0.2, 0) is 9.47 Å². The molecule has 0 radical (unpaired) electrons.